The molecule has 0 fully saturated rings. The zero-order valence-electron chi connectivity index (χ0n) is 15.5. The minimum Gasteiger partial charge on any atom is -0.486 e. The van der Waals surface area contributed by atoms with Crippen molar-refractivity contribution in [1.82, 2.24) is 0 Å². The first-order valence-corrected chi connectivity index (χ1v) is 9.17. The number of amides is 1. The molecular formula is C20H18FNO5S. The van der Waals surface area contributed by atoms with Crippen molar-refractivity contribution in [3.8, 4) is 5.75 Å². The topological polar surface area (TPSA) is 77.8 Å². The first-order valence-electron chi connectivity index (χ1n) is 8.35. The Morgan fingerprint density at radius 3 is 2.54 bits per heavy atom. The summed E-state index contributed by atoms with van der Waals surface area (Å²) >= 11 is 1.29. The zero-order valence-corrected chi connectivity index (χ0v) is 16.3. The number of esters is 1. The van der Waals surface area contributed by atoms with Gasteiger partial charge in [0.05, 0.1) is 12.7 Å². The summed E-state index contributed by atoms with van der Waals surface area (Å²) in [5, 5.41) is 3.11. The lowest BCUT2D eigenvalue weighted by Crippen LogP contribution is -2.13. The Morgan fingerprint density at radius 1 is 1.14 bits per heavy atom. The molecule has 146 valence electrons. The predicted molar refractivity (Wildman–Crippen MR) is 103 cm³/mol. The van der Waals surface area contributed by atoms with Crippen molar-refractivity contribution in [2.45, 2.75) is 20.5 Å². The summed E-state index contributed by atoms with van der Waals surface area (Å²) in [6, 6.07) is 8.72. The minimum absolute atomic E-state index is 0.0808. The highest BCUT2D eigenvalue weighted by Crippen LogP contribution is 2.33. The third-order valence-corrected chi connectivity index (χ3v) is 5.20. The highest BCUT2D eigenvalue weighted by Gasteiger charge is 2.23. The Labute approximate surface area is 164 Å². The molecule has 28 heavy (non-hydrogen) atoms. The van der Waals surface area contributed by atoms with Gasteiger partial charge in [-0.1, -0.05) is 0 Å². The van der Waals surface area contributed by atoms with Crippen LogP contribution < -0.4 is 10.1 Å². The molecule has 0 saturated heterocycles. The van der Waals surface area contributed by atoms with Gasteiger partial charge in [0.25, 0.3) is 5.91 Å². The SMILES string of the molecule is COC(=O)c1c(NC(=O)c2ccc(COc3ccc(F)cc3)o2)sc(C)c1C. The summed E-state index contributed by atoms with van der Waals surface area (Å²) in [6.45, 7) is 3.74. The number of rotatable bonds is 6. The molecular weight excluding hydrogens is 385 g/mol. The number of aryl methyl sites for hydroxylation is 1. The van der Waals surface area contributed by atoms with Gasteiger partial charge < -0.3 is 19.2 Å². The van der Waals surface area contributed by atoms with E-state index in [9.17, 15) is 14.0 Å². The summed E-state index contributed by atoms with van der Waals surface area (Å²) in [7, 11) is 1.29. The molecule has 0 bridgehead atoms. The molecule has 3 aromatic rings. The number of nitrogens with one attached hydrogen (secondary N) is 1. The van der Waals surface area contributed by atoms with Crippen LogP contribution in [0.25, 0.3) is 0 Å². The lowest BCUT2D eigenvalue weighted by Gasteiger charge is -2.05. The summed E-state index contributed by atoms with van der Waals surface area (Å²) in [5.41, 5.74) is 1.10. The molecule has 0 unspecified atom stereocenters. The van der Waals surface area contributed by atoms with E-state index in [1.54, 1.807) is 13.0 Å². The number of ether oxygens (including phenoxy) is 2. The van der Waals surface area contributed by atoms with E-state index in [4.69, 9.17) is 13.9 Å². The van der Waals surface area contributed by atoms with Gasteiger partial charge in [-0.05, 0) is 55.8 Å². The van der Waals surface area contributed by atoms with Crippen LogP contribution in [0, 0.1) is 19.7 Å². The smallest absolute Gasteiger partial charge is 0.341 e. The molecule has 0 atom stereocenters. The Hall–Kier alpha value is -3.13. The van der Waals surface area contributed by atoms with E-state index in [-0.39, 0.29) is 18.2 Å². The van der Waals surface area contributed by atoms with Crippen LogP contribution in [0.2, 0.25) is 0 Å². The lowest BCUT2D eigenvalue weighted by atomic mass is 10.1. The first kappa shape index (κ1) is 19.6. The van der Waals surface area contributed by atoms with Crippen LogP contribution in [0.15, 0.2) is 40.8 Å². The van der Waals surface area contributed by atoms with E-state index in [2.05, 4.69) is 5.32 Å². The normalized spacial score (nSPS) is 10.6. The van der Waals surface area contributed by atoms with Crippen molar-refractivity contribution in [2.75, 3.05) is 12.4 Å². The summed E-state index contributed by atoms with van der Waals surface area (Å²) < 4.78 is 28.7. The largest absolute Gasteiger partial charge is 0.486 e. The number of hydrogen-bond acceptors (Lipinski definition) is 6. The van der Waals surface area contributed by atoms with E-state index in [0.29, 0.717) is 22.1 Å². The Morgan fingerprint density at radius 2 is 1.86 bits per heavy atom. The van der Waals surface area contributed by atoms with Crippen molar-refractivity contribution in [2.24, 2.45) is 0 Å². The second kappa shape index (κ2) is 8.26. The fraction of sp³-hybridized carbons (Fsp3) is 0.200. The molecule has 0 saturated carbocycles. The maximum absolute atomic E-state index is 12.9. The van der Waals surface area contributed by atoms with Crippen LogP contribution in [0.3, 0.4) is 0 Å². The fourth-order valence-corrected chi connectivity index (χ4v) is 3.53. The third-order valence-electron chi connectivity index (χ3n) is 4.08. The van der Waals surface area contributed by atoms with Crippen molar-refractivity contribution in [1.29, 1.82) is 0 Å². The van der Waals surface area contributed by atoms with Gasteiger partial charge in [0.15, 0.2) is 5.76 Å². The van der Waals surface area contributed by atoms with Gasteiger partial charge in [0.1, 0.15) is 28.9 Å². The third kappa shape index (κ3) is 4.23. The van der Waals surface area contributed by atoms with Crippen molar-refractivity contribution >= 4 is 28.2 Å². The zero-order chi connectivity index (χ0) is 20.3. The molecule has 0 aliphatic rings. The molecule has 2 aromatic heterocycles. The quantitative estimate of drug-likeness (QED) is 0.603. The average molecular weight is 403 g/mol. The van der Waals surface area contributed by atoms with Crippen LogP contribution in [-0.2, 0) is 11.3 Å². The number of benzene rings is 1. The molecule has 3 rings (SSSR count). The maximum atomic E-state index is 12.9. The number of methoxy groups -OCH3 is 1. The number of thiophene rings is 1. The monoisotopic (exact) mass is 403 g/mol. The molecule has 2 heterocycles. The van der Waals surface area contributed by atoms with Gasteiger partial charge in [-0.2, -0.15) is 0 Å². The van der Waals surface area contributed by atoms with Crippen LogP contribution in [-0.4, -0.2) is 19.0 Å². The van der Waals surface area contributed by atoms with Gasteiger partial charge in [0, 0.05) is 4.88 Å². The highest BCUT2D eigenvalue weighted by molar-refractivity contribution is 7.16. The van der Waals surface area contributed by atoms with E-state index in [1.165, 1.54) is 48.8 Å². The number of furan rings is 1. The Kier molecular flexibility index (Phi) is 5.79. The standard InChI is InChI=1S/C20H18FNO5S/c1-11-12(2)28-19(17(11)20(24)25-3)22-18(23)16-9-8-15(27-16)10-26-14-6-4-13(21)5-7-14/h4-9H,10H2,1-3H3,(H,22,23). The van der Waals surface area contributed by atoms with Gasteiger partial charge >= 0.3 is 5.97 Å². The first-order chi connectivity index (χ1) is 13.4. The lowest BCUT2D eigenvalue weighted by molar-refractivity contribution is 0.0601. The Balaban J connectivity index is 1.68. The van der Waals surface area contributed by atoms with Gasteiger partial charge in [-0.15, -0.1) is 11.3 Å². The fourth-order valence-electron chi connectivity index (χ4n) is 2.49. The van der Waals surface area contributed by atoms with E-state index in [0.717, 1.165) is 10.4 Å². The van der Waals surface area contributed by atoms with Gasteiger partial charge in [-0.25, -0.2) is 9.18 Å². The molecule has 0 aliphatic carbocycles. The number of carbonyl (C=O) groups is 2. The van der Waals surface area contributed by atoms with E-state index in [1.807, 2.05) is 6.92 Å². The van der Waals surface area contributed by atoms with Crippen LogP contribution in [0.4, 0.5) is 9.39 Å². The number of halogens is 1. The van der Waals surface area contributed by atoms with Crippen LogP contribution >= 0.6 is 11.3 Å². The van der Waals surface area contributed by atoms with Crippen LogP contribution in [0.1, 0.15) is 37.1 Å². The van der Waals surface area contributed by atoms with Crippen molar-refractivity contribution in [3.63, 3.8) is 0 Å². The predicted octanol–water partition coefficient (Wildman–Crippen LogP) is 4.71. The molecule has 0 spiro atoms. The highest BCUT2D eigenvalue weighted by atomic mass is 32.1. The Bertz CT molecular complexity index is 1010. The molecule has 6 nitrogen and oxygen atoms in total. The summed E-state index contributed by atoms with van der Waals surface area (Å²) in [4.78, 5) is 25.4. The molecule has 1 aromatic carbocycles. The minimum atomic E-state index is -0.509. The van der Waals surface area contributed by atoms with Crippen LogP contribution in [0.5, 0.6) is 5.75 Å². The van der Waals surface area contributed by atoms with Crippen molar-refractivity contribution < 1.29 is 27.9 Å². The number of hydrogen-bond donors (Lipinski definition) is 1. The molecule has 1 N–H and O–H groups in total. The van der Waals surface area contributed by atoms with E-state index >= 15 is 0 Å². The van der Waals surface area contributed by atoms with Gasteiger partial charge in [-0.3, -0.25) is 4.79 Å². The molecule has 8 heteroatoms. The molecule has 0 radical (unpaired) electrons. The maximum Gasteiger partial charge on any atom is 0.341 e. The number of carbonyl (C=O) groups excluding carboxylic acids is 2. The average Bonchev–Trinajstić information content (AvgIpc) is 3.26. The van der Waals surface area contributed by atoms with Crippen molar-refractivity contribution in [3.05, 3.63) is 69.7 Å². The molecule has 0 aliphatic heterocycles. The second-order valence-corrected chi connectivity index (χ2v) is 7.17. The summed E-state index contributed by atoms with van der Waals surface area (Å²) in [5.74, 6) is -0.353. The summed E-state index contributed by atoms with van der Waals surface area (Å²) in [6.07, 6.45) is 0. The van der Waals surface area contributed by atoms with Gasteiger partial charge in [0.2, 0.25) is 0 Å². The van der Waals surface area contributed by atoms with E-state index < -0.39 is 11.9 Å². The number of anilines is 1. The second-order valence-electron chi connectivity index (χ2n) is 5.94. The molecule has 1 amide bonds.